The number of nitrogens with zero attached hydrogens (tertiary/aromatic N) is 2. The van der Waals surface area contributed by atoms with Gasteiger partial charge in [-0.1, -0.05) is 38.1 Å². The predicted molar refractivity (Wildman–Crippen MR) is 124 cm³/mol. The van der Waals surface area contributed by atoms with E-state index in [0.29, 0.717) is 37.5 Å². The second kappa shape index (κ2) is 10.0. The summed E-state index contributed by atoms with van der Waals surface area (Å²) in [5.74, 6) is 0.521. The maximum Gasteiger partial charge on any atom is 0.240 e. The number of amides is 2. The van der Waals surface area contributed by atoms with Crippen molar-refractivity contribution >= 4 is 27.7 Å². The van der Waals surface area contributed by atoms with Crippen LogP contribution in [0, 0.1) is 12.8 Å². The van der Waals surface area contributed by atoms with E-state index in [1.807, 2.05) is 12.1 Å². The van der Waals surface area contributed by atoms with Crippen molar-refractivity contribution in [2.24, 2.45) is 5.92 Å². The average Bonchev–Trinajstić information content (AvgIpc) is 3.17. The molecule has 0 unspecified atom stereocenters. The molecule has 0 spiro atoms. The van der Waals surface area contributed by atoms with Crippen LogP contribution in [0.3, 0.4) is 0 Å². The Morgan fingerprint density at radius 1 is 1.15 bits per heavy atom. The number of aromatic nitrogens is 1. The molecule has 2 amide bonds. The molecule has 1 fully saturated rings. The van der Waals surface area contributed by atoms with Gasteiger partial charge in [0.2, 0.25) is 21.8 Å². The van der Waals surface area contributed by atoms with Crippen molar-refractivity contribution in [1.82, 2.24) is 14.8 Å². The Morgan fingerprint density at radius 3 is 2.33 bits per heavy atom. The van der Waals surface area contributed by atoms with Crippen LogP contribution in [0.15, 0.2) is 39.8 Å². The van der Waals surface area contributed by atoms with Crippen LogP contribution < -0.4 is 10.0 Å². The molecule has 1 saturated heterocycles. The van der Waals surface area contributed by atoms with Crippen molar-refractivity contribution in [3.8, 4) is 0 Å². The lowest BCUT2D eigenvalue weighted by atomic mass is 9.87. The summed E-state index contributed by atoms with van der Waals surface area (Å²) >= 11 is 0. The first kappa shape index (κ1) is 24.9. The summed E-state index contributed by atoms with van der Waals surface area (Å²) in [6, 6.07) is 8.44. The Bertz CT molecular complexity index is 1080. The van der Waals surface area contributed by atoms with Gasteiger partial charge in [-0.15, -0.1) is 0 Å². The van der Waals surface area contributed by atoms with Gasteiger partial charge in [0, 0.05) is 38.0 Å². The molecule has 2 aromatic rings. The number of carbonyl (C=O) groups excluding carboxylic acids is 2. The molecule has 0 aliphatic carbocycles. The quantitative estimate of drug-likeness (QED) is 0.634. The fourth-order valence-corrected chi connectivity index (χ4v) is 4.74. The Hall–Kier alpha value is -2.72. The number of rotatable bonds is 7. The third-order valence-electron chi connectivity index (χ3n) is 5.76. The third-order valence-corrected chi connectivity index (χ3v) is 7.24. The van der Waals surface area contributed by atoms with E-state index in [4.69, 9.17) is 4.52 Å². The average molecular weight is 477 g/mol. The van der Waals surface area contributed by atoms with E-state index in [2.05, 4.69) is 36.0 Å². The summed E-state index contributed by atoms with van der Waals surface area (Å²) in [5, 5.41) is 6.49. The van der Waals surface area contributed by atoms with Gasteiger partial charge in [0.1, 0.15) is 5.76 Å². The summed E-state index contributed by atoms with van der Waals surface area (Å²) in [7, 11) is -3.68. The molecule has 1 aromatic heterocycles. The first-order valence-corrected chi connectivity index (χ1v) is 12.6. The van der Waals surface area contributed by atoms with Crippen LogP contribution >= 0.6 is 0 Å². The van der Waals surface area contributed by atoms with Gasteiger partial charge >= 0.3 is 0 Å². The normalized spacial score (nSPS) is 15.5. The Morgan fingerprint density at radius 2 is 1.79 bits per heavy atom. The van der Waals surface area contributed by atoms with E-state index in [0.717, 1.165) is 5.56 Å². The number of aryl methyl sites for hydroxylation is 1. The molecule has 10 heteroatoms. The van der Waals surface area contributed by atoms with Gasteiger partial charge in [0.25, 0.3) is 0 Å². The molecule has 33 heavy (non-hydrogen) atoms. The van der Waals surface area contributed by atoms with E-state index in [1.54, 1.807) is 30.0 Å². The summed E-state index contributed by atoms with van der Waals surface area (Å²) in [5.41, 5.74) is 0.982. The molecule has 1 aliphatic rings. The van der Waals surface area contributed by atoms with Crippen molar-refractivity contribution in [3.63, 3.8) is 0 Å². The summed E-state index contributed by atoms with van der Waals surface area (Å²) < 4.78 is 32.5. The van der Waals surface area contributed by atoms with E-state index in [9.17, 15) is 18.0 Å². The van der Waals surface area contributed by atoms with Crippen LogP contribution in [0.25, 0.3) is 0 Å². The number of likely N-dealkylation sites (tertiary alicyclic amines) is 1. The number of anilines is 1. The van der Waals surface area contributed by atoms with E-state index >= 15 is 0 Å². The molecule has 2 heterocycles. The molecule has 2 N–H and O–H groups in total. The van der Waals surface area contributed by atoms with Gasteiger partial charge in [-0.05, 0) is 42.9 Å². The summed E-state index contributed by atoms with van der Waals surface area (Å²) in [6.45, 7) is 8.86. The lowest BCUT2D eigenvalue weighted by molar-refractivity contribution is -0.134. The van der Waals surface area contributed by atoms with Crippen LogP contribution in [0.5, 0.6) is 0 Å². The first-order chi connectivity index (χ1) is 15.5. The highest BCUT2D eigenvalue weighted by molar-refractivity contribution is 7.89. The number of piperidine rings is 1. The monoisotopic (exact) mass is 476 g/mol. The first-order valence-electron chi connectivity index (χ1n) is 11.1. The van der Waals surface area contributed by atoms with E-state index < -0.39 is 10.0 Å². The van der Waals surface area contributed by atoms with Gasteiger partial charge < -0.3 is 14.7 Å². The van der Waals surface area contributed by atoms with Crippen molar-refractivity contribution in [1.29, 1.82) is 0 Å². The maximum atomic E-state index is 12.5. The minimum absolute atomic E-state index is 0.0219. The Kier molecular flexibility index (Phi) is 7.58. The van der Waals surface area contributed by atoms with Gasteiger partial charge in [-0.2, -0.15) is 0 Å². The lowest BCUT2D eigenvalue weighted by Crippen LogP contribution is -2.42. The number of hydrogen-bond acceptors (Lipinski definition) is 6. The van der Waals surface area contributed by atoms with Crippen LogP contribution in [0.4, 0.5) is 5.82 Å². The number of carbonyl (C=O) groups is 2. The molecule has 1 aliphatic heterocycles. The molecule has 0 bridgehead atoms. The lowest BCUT2D eigenvalue weighted by Gasteiger charge is -2.31. The minimum atomic E-state index is -3.68. The highest BCUT2D eigenvalue weighted by atomic mass is 32.2. The SMILES string of the molecule is Cc1cc(NC(=O)C2CCN(C(=O)CCNS(=O)(=O)c3ccc(C(C)(C)C)cc3)CC2)no1. The van der Waals surface area contributed by atoms with Gasteiger partial charge in [0.15, 0.2) is 5.82 Å². The largest absolute Gasteiger partial charge is 0.360 e. The molecule has 180 valence electrons. The fraction of sp³-hybridized carbons (Fsp3) is 0.522. The second-order valence-corrected chi connectivity index (χ2v) is 11.2. The smallest absolute Gasteiger partial charge is 0.240 e. The maximum absolute atomic E-state index is 12.5. The molecule has 0 radical (unpaired) electrons. The number of sulfonamides is 1. The third kappa shape index (κ3) is 6.64. The van der Waals surface area contributed by atoms with Crippen LogP contribution in [0.2, 0.25) is 0 Å². The van der Waals surface area contributed by atoms with Gasteiger partial charge in [-0.25, -0.2) is 13.1 Å². The fourth-order valence-electron chi connectivity index (χ4n) is 3.71. The number of nitrogens with one attached hydrogen (secondary N) is 2. The van der Waals surface area contributed by atoms with Crippen molar-refractivity contribution in [2.75, 3.05) is 25.0 Å². The zero-order valence-corrected chi connectivity index (χ0v) is 20.4. The van der Waals surface area contributed by atoms with Crippen LogP contribution in [0.1, 0.15) is 51.4 Å². The van der Waals surface area contributed by atoms with Crippen molar-refractivity contribution in [3.05, 3.63) is 41.7 Å². The van der Waals surface area contributed by atoms with E-state index in [1.165, 1.54) is 0 Å². The van der Waals surface area contributed by atoms with E-state index in [-0.39, 0.29) is 41.0 Å². The zero-order valence-electron chi connectivity index (χ0n) is 19.6. The van der Waals surface area contributed by atoms with Crippen molar-refractivity contribution < 1.29 is 22.5 Å². The minimum Gasteiger partial charge on any atom is -0.360 e. The molecule has 3 rings (SSSR count). The second-order valence-electron chi connectivity index (χ2n) is 9.39. The molecule has 1 aromatic carbocycles. The Labute approximate surface area is 195 Å². The predicted octanol–water partition coefficient (Wildman–Crippen LogP) is 2.83. The van der Waals surface area contributed by atoms with Crippen molar-refractivity contribution in [2.45, 2.75) is 57.3 Å². The zero-order chi connectivity index (χ0) is 24.2. The summed E-state index contributed by atoms with van der Waals surface area (Å²) in [6.07, 6.45) is 1.15. The van der Waals surface area contributed by atoms with Crippen LogP contribution in [-0.2, 0) is 25.0 Å². The highest BCUT2D eigenvalue weighted by Crippen LogP contribution is 2.23. The van der Waals surface area contributed by atoms with Gasteiger partial charge in [-0.3, -0.25) is 9.59 Å². The Balaban J connectivity index is 1.43. The molecule has 0 saturated carbocycles. The van der Waals surface area contributed by atoms with Gasteiger partial charge in [0.05, 0.1) is 4.90 Å². The molecular formula is C23H32N4O5S. The molecule has 9 nitrogen and oxygen atoms in total. The molecule has 0 atom stereocenters. The molecular weight excluding hydrogens is 444 g/mol. The standard InChI is InChI=1S/C23H32N4O5S/c1-16-15-20(26-32-16)25-22(29)17-10-13-27(14-11-17)21(28)9-12-24-33(30,31)19-7-5-18(6-8-19)23(2,3)4/h5-8,15,17,24H,9-14H2,1-4H3,(H,25,26,29). The topological polar surface area (TPSA) is 122 Å². The summed E-state index contributed by atoms with van der Waals surface area (Å²) in [4.78, 5) is 26.7. The number of hydrogen-bond donors (Lipinski definition) is 2. The number of benzene rings is 1. The van der Waals surface area contributed by atoms with Crippen LogP contribution in [-0.4, -0.2) is 49.9 Å². The highest BCUT2D eigenvalue weighted by Gasteiger charge is 2.28.